The maximum absolute atomic E-state index is 9.82. The molecule has 0 saturated carbocycles. The number of hydrogen-bond donors (Lipinski definition) is 2. The molecule has 0 atom stereocenters. The van der Waals surface area contributed by atoms with Crippen LogP contribution >= 0.6 is 0 Å². The first-order valence-corrected chi connectivity index (χ1v) is 7.46. The van der Waals surface area contributed by atoms with Gasteiger partial charge in [-0.1, -0.05) is 27.7 Å². The Labute approximate surface area is 131 Å². The van der Waals surface area contributed by atoms with Crippen LogP contribution in [0.4, 0.5) is 11.4 Å². The van der Waals surface area contributed by atoms with Gasteiger partial charge in [-0.3, -0.25) is 0 Å². The van der Waals surface area contributed by atoms with E-state index in [0.717, 1.165) is 11.1 Å². The smallest absolute Gasteiger partial charge is 0.119 e. The summed E-state index contributed by atoms with van der Waals surface area (Å²) in [6.07, 6.45) is 0. The van der Waals surface area contributed by atoms with Gasteiger partial charge in [-0.25, -0.2) is 0 Å². The molecule has 0 bridgehead atoms. The van der Waals surface area contributed by atoms with E-state index < -0.39 is 0 Å². The van der Waals surface area contributed by atoms with Crippen molar-refractivity contribution in [2.45, 2.75) is 39.5 Å². The van der Waals surface area contributed by atoms with Crippen LogP contribution in [-0.4, -0.2) is 10.2 Å². The number of phenolic OH excluding ortho intramolecular Hbond substituents is 2. The van der Waals surface area contributed by atoms with E-state index in [1.54, 1.807) is 24.3 Å². The highest BCUT2D eigenvalue weighted by Gasteiger charge is 2.08. The van der Waals surface area contributed by atoms with Crippen LogP contribution in [0, 0.1) is 0 Å². The quantitative estimate of drug-likeness (QED) is 0.705. The summed E-state index contributed by atoms with van der Waals surface area (Å²) >= 11 is 0. The van der Waals surface area contributed by atoms with Crippen molar-refractivity contribution >= 4 is 11.4 Å². The van der Waals surface area contributed by atoms with Gasteiger partial charge in [0.2, 0.25) is 0 Å². The van der Waals surface area contributed by atoms with Crippen LogP contribution in [0.25, 0.3) is 0 Å². The molecule has 116 valence electrons. The van der Waals surface area contributed by atoms with Crippen molar-refractivity contribution < 1.29 is 10.2 Å². The number of benzene rings is 2. The van der Waals surface area contributed by atoms with Crippen LogP contribution in [0.15, 0.2) is 46.6 Å². The number of aromatic hydroxyl groups is 2. The monoisotopic (exact) mass is 298 g/mol. The summed E-state index contributed by atoms with van der Waals surface area (Å²) in [5.41, 5.74) is 3.09. The molecule has 0 fully saturated rings. The molecule has 4 nitrogen and oxygen atoms in total. The average molecular weight is 298 g/mol. The summed E-state index contributed by atoms with van der Waals surface area (Å²) in [6.45, 7) is 8.07. The highest BCUT2D eigenvalue weighted by Crippen LogP contribution is 2.32. The lowest BCUT2D eigenvalue weighted by atomic mass is 10.0. The second kappa shape index (κ2) is 6.60. The molecule has 0 saturated heterocycles. The predicted molar refractivity (Wildman–Crippen MR) is 88.6 cm³/mol. The van der Waals surface area contributed by atoms with Crippen LogP contribution in [0.5, 0.6) is 11.5 Å². The molecule has 4 heteroatoms. The van der Waals surface area contributed by atoms with E-state index >= 15 is 0 Å². The predicted octanol–water partition coefficient (Wildman–Crippen LogP) is 5.76. The van der Waals surface area contributed by atoms with Crippen LogP contribution in [0.3, 0.4) is 0 Å². The first kappa shape index (κ1) is 16.0. The second-order valence-corrected chi connectivity index (χ2v) is 6.00. The van der Waals surface area contributed by atoms with Crippen molar-refractivity contribution in [1.29, 1.82) is 0 Å². The molecule has 2 aromatic carbocycles. The molecular formula is C18H22N2O2. The number of hydrogen-bond acceptors (Lipinski definition) is 4. The maximum Gasteiger partial charge on any atom is 0.119 e. The maximum atomic E-state index is 9.82. The van der Waals surface area contributed by atoms with Gasteiger partial charge in [0.1, 0.15) is 11.5 Å². The van der Waals surface area contributed by atoms with Crippen molar-refractivity contribution in [3.05, 3.63) is 47.5 Å². The molecule has 2 aromatic rings. The van der Waals surface area contributed by atoms with Crippen molar-refractivity contribution in [2.75, 3.05) is 0 Å². The Morgan fingerprint density at radius 3 is 1.36 bits per heavy atom. The zero-order chi connectivity index (χ0) is 16.3. The van der Waals surface area contributed by atoms with Crippen LogP contribution < -0.4 is 0 Å². The lowest BCUT2D eigenvalue weighted by molar-refractivity contribution is 0.464. The fourth-order valence-corrected chi connectivity index (χ4v) is 2.25. The summed E-state index contributed by atoms with van der Waals surface area (Å²) in [4.78, 5) is 0. The van der Waals surface area contributed by atoms with E-state index in [0.29, 0.717) is 11.4 Å². The minimum absolute atomic E-state index is 0.219. The summed E-state index contributed by atoms with van der Waals surface area (Å²) in [5.74, 6) is 0.995. The fraction of sp³-hybridized carbons (Fsp3) is 0.333. The van der Waals surface area contributed by atoms with Gasteiger partial charge in [0.25, 0.3) is 0 Å². The lowest BCUT2D eigenvalue weighted by Gasteiger charge is -2.09. The van der Waals surface area contributed by atoms with Gasteiger partial charge in [0.05, 0.1) is 11.4 Å². The highest BCUT2D eigenvalue weighted by atomic mass is 16.3. The van der Waals surface area contributed by atoms with E-state index in [2.05, 4.69) is 10.2 Å². The third-order valence-corrected chi connectivity index (χ3v) is 3.55. The molecule has 0 aliphatic rings. The Kier molecular flexibility index (Phi) is 4.81. The molecule has 22 heavy (non-hydrogen) atoms. The molecule has 0 aliphatic heterocycles. The molecule has 0 unspecified atom stereocenters. The molecule has 2 rings (SSSR count). The Morgan fingerprint density at radius 1 is 0.682 bits per heavy atom. The van der Waals surface area contributed by atoms with Crippen LogP contribution in [0.1, 0.15) is 50.7 Å². The molecule has 0 aliphatic carbocycles. The molecule has 0 spiro atoms. The Morgan fingerprint density at radius 2 is 1.05 bits per heavy atom. The van der Waals surface area contributed by atoms with Crippen LogP contribution in [0.2, 0.25) is 0 Å². The third-order valence-electron chi connectivity index (χ3n) is 3.55. The Balaban J connectivity index is 2.29. The normalized spacial score (nSPS) is 11.7. The number of phenols is 2. The van der Waals surface area contributed by atoms with E-state index in [1.165, 1.54) is 0 Å². The summed E-state index contributed by atoms with van der Waals surface area (Å²) in [6, 6.07) is 10.4. The zero-order valence-corrected chi connectivity index (χ0v) is 13.4. The van der Waals surface area contributed by atoms with E-state index in [9.17, 15) is 10.2 Å². The molecule has 0 radical (unpaired) electrons. The summed E-state index contributed by atoms with van der Waals surface area (Å²) in [5, 5.41) is 28.1. The standard InChI is InChI=1S/C18H22N2O2/c1-11(2)15-9-13(5-7-17(15)21)19-20-14-6-8-18(22)16(10-14)12(3)4/h5-12,21-22H,1-4H3. The van der Waals surface area contributed by atoms with Gasteiger partial charge in [0.15, 0.2) is 0 Å². The van der Waals surface area contributed by atoms with E-state index in [-0.39, 0.29) is 23.3 Å². The number of nitrogens with zero attached hydrogens (tertiary/aromatic N) is 2. The minimum Gasteiger partial charge on any atom is -0.508 e. The Hall–Kier alpha value is -2.36. The highest BCUT2D eigenvalue weighted by molar-refractivity contribution is 5.50. The average Bonchev–Trinajstić information content (AvgIpc) is 2.47. The molecule has 2 N–H and O–H groups in total. The first-order valence-electron chi connectivity index (χ1n) is 7.46. The zero-order valence-electron chi connectivity index (χ0n) is 13.4. The van der Waals surface area contributed by atoms with Gasteiger partial charge < -0.3 is 10.2 Å². The molecule has 0 aromatic heterocycles. The van der Waals surface area contributed by atoms with Crippen molar-refractivity contribution in [2.24, 2.45) is 10.2 Å². The van der Waals surface area contributed by atoms with Crippen molar-refractivity contribution in [3.63, 3.8) is 0 Å². The summed E-state index contributed by atoms with van der Waals surface area (Å²) in [7, 11) is 0. The third kappa shape index (κ3) is 3.64. The van der Waals surface area contributed by atoms with Crippen LogP contribution in [-0.2, 0) is 0 Å². The van der Waals surface area contributed by atoms with Gasteiger partial charge in [-0.15, -0.1) is 0 Å². The Bertz CT molecular complexity index is 632. The van der Waals surface area contributed by atoms with Crippen molar-refractivity contribution in [1.82, 2.24) is 0 Å². The van der Waals surface area contributed by atoms with Gasteiger partial charge >= 0.3 is 0 Å². The largest absolute Gasteiger partial charge is 0.508 e. The van der Waals surface area contributed by atoms with Gasteiger partial charge in [-0.05, 0) is 59.4 Å². The second-order valence-electron chi connectivity index (χ2n) is 6.00. The van der Waals surface area contributed by atoms with E-state index in [4.69, 9.17) is 0 Å². The molecule has 0 amide bonds. The lowest BCUT2D eigenvalue weighted by Crippen LogP contribution is -1.87. The first-order chi connectivity index (χ1) is 10.4. The number of azo groups is 1. The van der Waals surface area contributed by atoms with Gasteiger partial charge in [0, 0.05) is 0 Å². The fourth-order valence-electron chi connectivity index (χ4n) is 2.25. The number of rotatable bonds is 4. The topological polar surface area (TPSA) is 65.2 Å². The molecular weight excluding hydrogens is 276 g/mol. The SMILES string of the molecule is CC(C)c1cc(N=Nc2ccc(O)c(C(C)C)c2)ccc1O. The summed E-state index contributed by atoms with van der Waals surface area (Å²) < 4.78 is 0. The van der Waals surface area contributed by atoms with E-state index in [1.807, 2.05) is 39.8 Å². The minimum atomic E-state index is 0.219. The molecule has 0 heterocycles. The van der Waals surface area contributed by atoms with Gasteiger partial charge in [-0.2, -0.15) is 10.2 Å². The van der Waals surface area contributed by atoms with Crippen molar-refractivity contribution in [3.8, 4) is 11.5 Å².